The smallest absolute Gasteiger partial charge is 0.253 e. The Kier molecular flexibility index (Phi) is 4.62. The molecule has 1 unspecified atom stereocenters. The van der Waals surface area contributed by atoms with Crippen molar-refractivity contribution < 1.29 is 18.3 Å². The van der Waals surface area contributed by atoms with Crippen molar-refractivity contribution in [2.45, 2.75) is 30.0 Å². The number of carbonyl (C=O) groups is 1. The molecule has 0 aliphatic carbocycles. The van der Waals surface area contributed by atoms with Crippen LogP contribution in [0.25, 0.3) is 0 Å². The van der Waals surface area contributed by atoms with Gasteiger partial charge in [0.1, 0.15) is 16.0 Å². The normalized spacial score (nSPS) is 18.6. The van der Waals surface area contributed by atoms with Gasteiger partial charge >= 0.3 is 0 Å². The number of phenols is 1. The van der Waals surface area contributed by atoms with Crippen molar-refractivity contribution in [3.63, 3.8) is 0 Å². The highest BCUT2D eigenvalue weighted by molar-refractivity contribution is 7.91. The number of amides is 1. The molecule has 0 radical (unpaired) electrons. The van der Waals surface area contributed by atoms with E-state index in [1.165, 1.54) is 4.31 Å². The van der Waals surface area contributed by atoms with E-state index in [-0.39, 0.29) is 15.6 Å². The monoisotopic (exact) mass is 366 g/mol. The van der Waals surface area contributed by atoms with E-state index in [1.54, 1.807) is 35.7 Å². The van der Waals surface area contributed by atoms with Gasteiger partial charge in [-0.2, -0.15) is 4.31 Å². The molecule has 6 nitrogen and oxygen atoms in total. The molecule has 1 atom stereocenters. The molecule has 0 spiro atoms. The molecular weight excluding hydrogens is 348 g/mol. The van der Waals surface area contributed by atoms with Crippen LogP contribution in [0.3, 0.4) is 0 Å². The minimum absolute atomic E-state index is 0.0333. The Balaban J connectivity index is 1.81. The maximum atomic E-state index is 12.7. The SMILES string of the molecule is Cc1ccc(NC(=O)C2CCCN2S(=O)(=O)c2cccs2)c(O)c1. The Bertz CT molecular complexity index is 847. The predicted molar refractivity (Wildman–Crippen MR) is 92.7 cm³/mol. The Hall–Kier alpha value is -1.90. The number of hydrogen-bond acceptors (Lipinski definition) is 5. The van der Waals surface area contributed by atoms with E-state index in [9.17, 15) is 18.3 Å². The third-order valence-electron chi connectivity index (χ3n) is 3.98. The van der Waals surface area contributed by atoms with Crippen molar-refractivity contribution in [1.29, 1.82) is 0 Å². The van der Waals surface area contributed by atoms with Crippen LogP contribution in [-0.4, -0.2) is 36.3 Å². The number of thiophene rings is 1. The van der Waals surface area contributed by atoms with Crippen LogP contribution in [0, 0.1) is 6.92 Å². The average molecular weight is 366 g/mol. The summed E-state index contributed by atoms with van der Waals surface area (Å²) in [5.41, 5.74) is 1.15. The van der Waals surface area contributed by atoms with Crippen molar-refractivity contribution in [2.24, 2.45) is 0 Å². The van der Waals surface area contributed by atoms with Crippen LogP contribution in [0.2, 0.25) is 0 Å². The third kappa shape index (κ3) is 3.17. The highest BCUT2D eigenvalue weighted by Gasteiger charge is 2.40. The molecule has 2 aromatic rings. The fourth-order valence-corrected chi connectivity index (χ4v) is 5.56. The number of nitrogens with zero attached hydrogens (tertiary/aromatic N) is 1. The summed E-state index contributed by atoms with van der Waals surface area (Å²) in [6.07, 6.45) is 1.09. The highest BCUT2D eigenvalue weighted by Crippen LogP contribution is 2.30. The largest absolute Gasteiger partial charge is 0.506 e. The summed E-state index contributed by atoms with van der Waals surface area (Å²) in [7, 11) is -3.67. The molecule has 24 heavy (non-hydrogen) atoms. The van der Waals surface area contributed by atoms with Gasteiger partial charge in [-0.25, -0.2) is 8.42 Å². The number of nitrogens with one attached hydrogen (secondary N) is 1. The van der Waals surface area contributed by atoms with Gasteiger partial charge in [0.2, 0.25) is 5.91 Å². The van der Waals surface area contributed by atoms with Crippen molar-refractivity contribution >= 4 is 33.0 Å². The number of phenolic OH excluding ortho intramolecular Hbond substituents is 1. The molecule has 128 valence electrons. The molecule has 3 rings (SSSR count). The first-order valence-electron chi connectivity index (χ1n) is 7.55. The van der Waals surface area contributed by atoms with E-state index < -0.39 is 22.0 Å². The molecule has 0 saturated carbocycles. The zero-order valence-corrected chi connectivity index (χ0v) is 14.7. The van der Waals surface area contributed by atoms with Crippen molar-refractivity contribution in [2.75, 3.05) is 11.9 Å². The van der Waals surface area contributed by atoms with Crippen LogP contribution in [-0.2, 0) is 14.8 Å². The van der Waals surface area contributed by atoms with Crippen LogP contribution in [0.1, 0.15) is 18.4 Å². The zero-order valence-electron chi connectivity index (χ0n) is 13.1. The van der Waals surface area contributed by atoms with Gasteiger partial charge in [0.25, 0.3) is 10.0 Å². The summed E-state index contributed by atoms with van der Waals surface area (Å²) in [4.78, 5) is 12.6. The molecule has 2 N–H and O–H groups in total. The zero-order chi connectivity index (χ0) is 17.3. The van der Waals surface area contributed by atoms with Gasteiger partial charge in [-0.15, -0.1) is 11.3 Å². The fourth-order valence-electron chi connectivity index (χ4n) is 2.78. The number of hydrogen-bond donors (Lipinski definition) is 2. The number of benzene rings is 1. The lowest BCUT2D eigenvalue weighted by molar-refractivity contribution is -0.119. The molecule has 1 aliphatic heterocycles. The molecule has 1 aliphatic rings. The summed E-state index contributed by atoms with van der Waals surface area (Å²) in [6, 6.07) is 7.37. The third-order valence-corrected chi connectivity index (χ3v) is 7.26. The number of aromatic hydroxyl groups is 1. The van der Waals surface area contributed by atoms with Crippen molar-refractivity contribution in [3.05, 3.63) is 41.3 Å². The summed E-state index contributed by atoms with van der Waals surface area (Å²) < 4.78 is 26.8. The molecule has 1 aromatic heterocycles. The van der Waals surface area contributed by atoms with Gasteiger partial charge in [-0.05, 0) is 48.9 Å². The second-order valence-electron chi connectivity index (χ2n) is 5.72. The van der Waals surface area contributed by atoms with E-state index in [4.69, 9.17) is 0 Å². The van der Waals surface area contributed by atoms with Crippen LogP contribution in [0.4, 0.5) is 5.69 Å². The van der Waals surface area contributed by atoms with Crippen LogP contribution < -0.4 is 5.32 Å². The topological polar surface area (TPSA) is 86.7 Å². The van der Waals surface area contributed by atoms with Gasteiger partial charge in [-0.3, -0.25) is 4.79 Å². The minimum atomic E-state index is -3.67. The quantitative estimate of drug-likeness (QED) is 0.814. The Morgan fingerprint density at radius 3 is 2.83 bits per heavy atom. The lowest BCUT2D eigenvalue weighted by Crippen LogP contribution is -2.42. The van der Waals surface area contributed by atoms with Gasteiger partial charge in [-0.1, -0.05) is 12.1 Å². The summed E-state index contributed by atoms with van der Waals surface area (Å²) in [5, 5.41) is 14.2. The van der Waals surface area contributed by atoms with Crippen LogP contribution in [0.15, 0.2) is 39.9 Å². The van der Waals surface area contributed by atoms with E-state index in [0.29, 0.717) is 19.4 Å². The van der Waals surface area contributed by atoms with E-state index >= 15 is 0 Å². The number of sulfonamides is 1. The number of anilines is 1. The van der Waals surface area contributed by atoms with E-state index in [1.807, 2.05) is 6.92 Å². The lowest BCUT2D eigenvalue weighted by atomic mass is 10.2. The molecule has 2 heterocycles. The van der Waals surface area contributed by atoms with Crippen molar-refractivity contribution in [1.82, 2.24) is 4.31 Å². The number of aryl methyl sites for hydroxylation is 1. The molecular formula is C16H18N2O4S2. The first kappa shape index (κ1) is 16.9. The van der Waals surface area contributed by atoms with Gasteiger partial charge in [0.15, 0.2) is 0 Å². The Morgan fingerprint density at radius 1 is 1.38 bits per heavy atom. The summed E-state index contributed by atoms with van der Waals surface area (Å²) >= 11 is 1.14. The van der Waals surface area contributed by atoms with E-state index in [0.717, 1.165) is 16.9 Å². The minimum Gasteiger partial charge on any atom is -0.506 e. The summed E-state index contributed by atoms with van der Waals surface area (Å²) in [6.45, 7) is 2.15. The molecule has 1 saturated heterocycles. The van der Waals surface area contributed by atoms with Gasteiger partial charge in [0.05, 0.1) is 5.69 Å². The van der Waals surface area contributed by atoms with Crippen LogP contribution >= 0.6 is 11.3 Å². The molecule has 1 fully saturated rings. The number of rotatable bonds is 4. The fraction of sp³-hybridized carbons (Fsp3) is 0.312. The maximum absolute atomic E-state index is 12.7. The molecule has 8 heteroatoms. The van der Waals surface area contributed by atoms with E-state index in [2.05, 4.69) is 5.32 Å². The van der Waals surface area contributed by atoms with Gasteiger partial charge < -0.3 is 10.4 Å². The summed E-state index contributed by atoms with van der Waals surface area (Å²) in [5.74, 6) is -0.458. The first-order valence-corrected chi connectivity index (χ1v) is 9.87. The predicted octanol–water partition coefficient (Wildman–Crippen LogP) is 2.55. The second-order valence-corrected chi connectivity index (χ2v) is 8.78. The highest BCUT2D eigenvalue weighted by atomic mass is 32.2. The maximum Gasteiger partial charge on any atom is 0.253 e. The lowest BCUT2D eigenvalue weighted by Gasteiger charge is -2.22. The average Bonchev–Trinajstić information content (AvgIpc) is 3.21. The molecule has 1 aromatic carbocycles. The second kappa shape index (κ2) is 6.54. The Morgan fingerprint density at radius 2 is 2.17 bits per heavy atom. The van der Waals surface area contributed by atoms with Crippen LogP contribution in [0.5, 0.6) is 5.75 Å². The van der Waals surface area contributed by atoms with Gasteiger partial charge in [0, 0.05) is 6.54 Å². The molecule has 1 amide bonds. The first-order chi connectivity index (χ1) is 11.4. The number of carbonyl (C=O) groups excluding carboxylic acids is 1. The molecule has 0 bridgehead atoms. The van der Waals surface area contributed by atoms with Crippen molar-refractivity contribution in [3.8, 4) is 5.75 Å². The Labute approximate surface area is 144 Å². The standard InChI is InChI=1S/C16H18N2O4S2/c1-11-6-7-12(14(19)10-11)17-16(20)13-4-2-8-18(13)24(21,22)15-5-3-9-23-15/h3,5-7,9-10,13,19H,2,4,8H2,1H3,(H,17,20).